The molecule has 0 aliphatic heterocycles. The number of rotatable bonds is 6. The molecule has 0 radical (unpaired) electrons. The molecule has 0 aliphatic carbocycles. The van der Waals surface area contributed by atoms with Gasteiger partial charge in [-0.1, -0.05) is 29.8 Å². The maximum atomic E-state index is 11.7. The lowest BCUT2D eigenvalue weighted by atomic mass is 9.96. The van der Waals surface area contributed by atoms with Crippen LogP contribution in [0.15, 0.2) is 42.5 Å². The number of aryl methyl sites for hydroxylation is 1. The van der Waals surface area contributed by atoms with Gasteiger partial charge in [-0.05, 0) is 30.7 Å². The molecule has 0 spiro atoms. The number of ether oxygens (including phenoxy) is 2. The quantitative estimate of drug-likeness (QED) is 0.797. The number of aliphatic hydroxyl groups excluding tert-OH is 2. The zero-order valence-electron chi connectivity index (χ0n) is 14.0. The average molecular weight is 330 g/mol. The van der Waals surface area contributed by atoms with Gasteiger partial charge < -0.3 is 19.7 Å². The Balaban J connectivity index is 2.24. The minimum Gasteiger partial charge on any atom is -0.496 e. The topological polar surface area (TPSA) is 76.0 Å². The second kappa shape index (κ2) is 7.95. The van der Waals surface area contributed by atoms with Crippen molar-refractivity contribution in [3.8, 4) is 5.75 Å². The summed E-state index contributed by atoms with van der Waals surface area (Å²) in [6, 6.07) is 12.2. The Hall–Kier alpha value is -2.37. The van der Waals surface area contributed by atoms with Crippen LogP contribution < -0.4 is 4.74 Å². The van der Waals surface area contributed by atoms with E-state index in [9.17, 15) is 15.0 Å². The van der Waals surface area contributed by atoms with Crippen LogP contribution >= 0.6 is 0 Å². The summed E-state index contributed by atoms with van der Waals surface area (Å²) in [6.45, 7) is 1.94. The zero-order valence-corrected chi connectivity index (χ0v) is 14.0. The van der Waals surface area contributed by atoms with Gasteiger partial charge in [0.15, 0.2) is 0 Å². The minimum atomic E-state index is -0.986. The lowest BCUT2D eigenvalue weighted by Crippen LogP contribution is -2.09. The fourth-order valence-corrected chi connectivity index (χ4v) is 2.59. The largest absolute Gasteiger partial charge is 0.496 e. The van der Waals surface area contributed by atoms with Gasteiger partial charge in [-0.25, -0.2) is 4.79 Å². The van der Waals surface area contributed by atoms with Crippen molar-refractivity contribution in [2.75, 3.05) is 14.2 Å². The molecular formula is C19H22O5. The number of hydrogen-bond donors (Lipinski definition) is 2. The van der Waals surface area contributed by atoms with E-state index in [1.165, 1.54) is 20.3 Å². The third-order valence-corrected chi connectivity index (χ3v) is 3.88. The SMILES string of the molecule is COC(=O)c1ccc(OC)c(C(O)CC(O)c2cccc(C)c2)c1. The summed E-state index contributed by atoms with van der Waals surface area (Å²) in [7, 11) is 2.78. The highest BCUT2D eigenvalue weighted by molar-refractivity contribution is 5.89. The van der Waals surface area contributed by atoms with Gasteiger partial charge in [-0.15, -0.1) is 0 Å². The van der Waals surface area contributed by atoms with E-state index in [0.29, 0.717) is 16.9 Å². The molecule has 0 fully saturated rings. The van der Waals surface area contributed by atoms with Gasteiger partial charge in [0.2, 0.25) is 0 Å². The summed E-state index contributed by atoms with van der Waals surface area (Å²) >= 11 is 0. The fraction of sp³-hybridized carbons (Fsp3) is 0.316. The lowest BCUT2D eigenvalue weighted by Gasteiger charge is -2.19. The van der Waals surface area contributed by atoms with Gasteiger partial charge in [-0.2, -0.15) is 0 Å². The summed E-state index contributed by atoms with van der Waals surface area (Å²) in [5.41, 5.74) is 2.52. The first-order valence-corrected chi connectivity index (χ1v) is 7.65. The van der Waals surface area contributed by atoms with E-state index in [0.717, 1.165) is 11.1 Å². The van der Waals surface area contributed by atoms with Crippen molar-refractivity contribution in [3.63, 3.8) is 0 Å². The van der Waals surface area contributed by atoms with E-state index >= 15 is 0 Å². The average Bonchev–Trinajstić information content (AvgIpc) is 2.60. The van der Waals surface area contributed by atoms with Crippen molar-refractivity contribution < 1.29 is 24.5 Å². The Morgan fingerprint density at radius 2 is 1.83 bits per heavy atom. The Labute approximate surface area is 141 Å². The number of esters is 1. The molecule has 5 nitrogen and oxygen atoms in total. The molecule has 0 amide bonds. The van der Waals surface area contributed by atoms with Crippen molar-refractivity contribution >= 4 is 5.97 Å². The first-order chi connectivity index (χ1) is 11.5. The lowest BCUT2D eigenvalue weighted by molar-refractivity contribution is 0.0599. The number of methoxy groups -OCH3 is 2. The molecule has 2 unspecified atom stereocenters. The van der Waals surface area contributed by atoms with E-state index in [1.807, 2.05) is 31.2 Å². The second-order valence-corrected chi connectivity index (χ2v) is 5.63. The van der Waals surface area contributed by atoms with E-state index in [2.05, 4.69) is 0 Å². The maximum Gasteiger partial charge on any atom is 0.337 e. The maximum absolute atomic E-state index is 11.7. The van der Waals surface area contributed by atoms with Crippen LogP contribution in [0.25, 0.3) is 0 Å². The van der Waals surface area contributed by atoms with Crippen LogP contribution in [0.5, 0.6) is 5.75 Å². The molecule has 0 aromatic heterocycles. The van der Waals surface area contributed by atoms with Crippen LogP contribution in [0.1, 0.15) is 45.7 Å². The fourth-order valence-electron chi connectivity index (χ4n) is 2.59. The van der Waals surface area contributed by atoms with E-state index in [4.69, 9.17) is 9.47 Å². The number of carbonyl (C=O) groups excluding carboxylic acids is 1. The third kappa shape index (κ3) is 4.13. The van der Waals surface area contributed by atoms with Gasteiger partial charge in [-0.3, -0.25) is 0 Å². The highest BCUT2D eigenvalue weighted by Crippen LogP contribution is 2.33. The molecule has 24 heavy (non-hydrogen) atoms. The van der Waals surface area contributed by atoms with Crippen molar-refractivity contribution in [1.82, 2.24) is 0 Å². The van der Waals surface area contributed by atoms with Crippen LogP contribution in [0, 0.1) is 6.92 Å². The molecule has 0 aliphatic rings. The predicted molar refractivity (Wildman–Crippen MR) is 90.0 cm³/mol. The van der Waals surface area contributed by atoms with Crippen LogP contribution in [0.3, 0.4) is 0 Å². The smallest absolute Gasteiger partial charge is 0.337 e. The van der Waals surface area contributed by atoms with Crippen LogP contribution in [0.4, 0.5) is 0 Å². The molecule has 2 atom stereocenters. The molecule has 0 heterocycles. The van der Waals surface area contributed by atoms with Gasteiger partial charge in [0.05, 0.1) is 32.0 Å². The molecular weight excluding hydrogens is 308 g/mol. The van der Waals surface area contributed by atoms with Gasteiger partial charge in [0.25, 0.3) is 0 Å². The van der Waals surface area contributed by atoms with Crippen LogP contribution in [0.2, 0.25) is 0 Å². The molecule has 2 rings (SSSR count). The van der Waals surface area contributed by atoms with Crippen molar-refractivity contribution in [3.05, 3.63) is 64.7 Å². The Kier molecular flexibility index (Phi) is 5.95. The number of hydrogen-bond acceptors (Lipinski definition) is 5. The summed E-state index contributed by atoms with van der Waals surface area (Å²) in [5, 5.41) is 20.9. The van der Waals surface area contributed by atoms with Crippen molar-refractivity contribution in [2.24, 2.45) is 0 Å². The second-order valence-electron chi connectivity index (χ2n) is 5.63. The molecule has 2 aromatic rings. The van der Waals surface area contributed by atoms with Gasteiger partial charge in [0, 0.05) is 12.0 Å². The highest BCUT2D eigenvalue weighted by atomic mass is 16.5. The molecule has 0 bridgehead atoms. The normalized spacial score (nSPS) is 13.2. The third-order valence-electron chi connectivity index (χ3n) is 3.88. The first kappa shape index (κ1) is 18.0. The molecule has 2 aromatic carbocycles. The molecule has 0 saturated carbocycles. The summed E-state index contributed by atoms with van der Waals surface area (Å²) < 4.78 is 9.94. The molecule has 5 heteroatoms. The van der Waals surface area contributed by atoms with E-state index in [-0.39, 0.29) is 6.42 Å². The predicted octanol–water partition coefficient (Wildman–Crippen LogP) is 2.95. The minimum absolute atomic E-state index is 0.0877. The summed E-state index contributed by atoms with van der Waals surface area (Å²) in [6.07, 6.45) is -1.73. The van der Waals surface area contributed by atoms with Gasteiger partial charge in [0.1, 0.15) is 5.75 Å². The number of benzene rings is 2. The van der Waals surface area contributed by atoms with Crippen LogP contribution in [-0.2, 0) is 4.74 Å². The van der Waals surface area contributed by atoms with Crippen LogP contribution in [-0.4, -0.2) is 30.4 Å². The number of aliphatic hydroxyl groups is 2. The first-order valence-electron chi connectivity index (χ1n) is 7.65. The Morgan fingerprint density at radius 1 is 1.08 bits per heavy atom. The summed E-state index contributed by atoms with van der Waals surface area (Å²) in [4.78, 5) is 11.7. The molecule has 2 N–H and O–H groups in total. The van der Waals surface area contributed by atoms with E-state index in [1.54, 1.807) is 12.1 Å². The highest BCUT2D eigenvalue weighted by Gasteiger charge is 2.20. The monoisotopic (exact) mass is 330 g/mol. The van der Waals surface area contributed by atoms with Gasteiger partial charge >= 0.3 is 5.97 Å². The number of carbonyl (C=O) groups is 1. The van der Waals surface area contributed by atoms with Crippen molar-refractivity contribution in [1.29, 1.82) is 0 Å². The zero-order chi connectivity index (χ0) is 17.7. The standard InChI is InChI=1S/C19H22O5/c1-12-5-4-6-13(9-12)16(20)11-17(21)15-10-14(19(22)24-3)7-8-18(15)23-2/h4-10,16-17,20-21H,11H2,1-3H3. The van der Waals surface area contributed by atoms with Crippen molar-refractivity contribution in [2.45, 2.75) is 25.6 Å². The Morgan fingerprint density at radius 3 is 2.46 bits per heavy atom. The summed E-state index contributed by atoms with van der Waals surface area (Å²) in [5.74, 6) is -0.0445. The molecule has 128 valence electrons. The van der Waals surface area contributed by atoms with E-state index < -0.39 is 18.2 Å². The molecule has 0 saturated heterocycles. The Bertz CT molecular complexity index is 711.